The molecule has 3 aliphatic rings. The van der Waals surface area contributed by atoms with E-state index in [1.165, 1.54) is 23.8 Å². The van der Waals surface area contributed by atoms with Crippen molar-refractivity contribution in [1.82, 2.24) is 40.4 Å². The number of ether oxygens (including phenoxy) is 1. The number of aromatic amines is 2. The monoisotopic (exact) mass is 954 g/mol. The zero-order valence-electron chi connectivity index (χ0n) is 42.4. The number of hydrogen-bond donors (Lipinski definition) is 5. The molecule has 8 rings (SSSR count). The number of H-pyrrole nitrogens is 2. The number of benzene rings is 3. The first-order valence-corrected chi connectivity index (χ1v) is 24.8. The van der Waals surface area contributed by atoms with E-state index >= 15 is 0 Å². The molecule has 3 aromatic carbocycles. The third-order valence-corrected chi connectivity index (χ3v) is 14.4. The lowest BCUT2D eigenvalue weighted by Crippen LogP contribution is -2.54. The van der Waals surface area contributed by atoms with Crippen molar-refractivity contribution in [3.63, 3.8) is 0 Å². The number of alkyl carbamates (subject to hydrolysis) is 1. The van der Waals surface area contributed by atoms with Crippen molar-refractivity contribution in [1.29, 1.82) is 0 Å². The first-order chi connectivity index (χ1) is 33.1. The topological polar surface area (TPSA) is 189 Å². The van der Waals surface area contributed by atoms with Crippen molar-refractivity contribution in [2.75, 3.05) is 25.1 Å². The van der Waals surface area contributed by atoms with Gasteiger partial charge < -0.3 is 45.1 Å². The lowest BCUT2D eigenvalue weighted by Gasteiger charge is -2.35. The number of rotatable bonds is 11. The number of methoxy groups -OCH3 is 1. The maximum atomic E-state index is 14.0. The lowest BCUT2D eigenvalue weighted by molar-refractivity contribution is -0.137. The zero-order valence-corrected chi connectivity index (χ0v) is 42.4. The molecule has 3 aliphatic heterocycles. The van der Waals surface area contributed by atoms with Gasteiger partial charge in [-0.05, 0) is 83.6 Å². The maximum absolute atomic E-state index is 14.0. The Morgan fingerprint density at radius 3 is 1.43 bits per heavy atom. The van der Waals surface area contributed by atoms with Gasteiger partial charge in [0.2, 0.25) is 11.8 Å². The van der Waals surface area contributed by atoms with Crippen LogP contribution in [0, 0.1) is 10.8 Å². The summed E-state index contributed by atoms with van der Waals surface area (Å²) in [5.74, 6) is 1.04. The molecule has 372 valence electrons. The summed E-state index contributed by atoms with van der Waals surface area (Å²) in [6.45, 7) is 19.2. The number of carbonyl (C=O) groups excluding carboxylic acids is 3. The summed E-state index contributed by atoms with van der Waals surface area (Å²) in [5, 5.41) is 14.8. The van der Waals surface area contributed by atoms with E-state index in [-0.39, 0.29) is 41.4 Å². The second-order valence-electron chi connectivity index (χ2n) is 22.5. The number of amides is 4. The van der Waals surface area contributed by atoms with Crippen LogP contribution in [0.3, 0.4) is 0 Å². The fourth-order valence-electron chi connectivity index (χ4n) is 10.6. The van der Waals surface area contributed by atoms with Gasteiger partial charge in [-0.25, -0.2) is 19.6 Å². The molecule has 2 aromatic heterocycles. The fourth-order valence-corrected chi connectivity index (χ4v) is 10.6. The number of nitrogens with one attached hydrogen (secondary N) is 4. The van der Waals surface area contributed by atoms with Crippen molar-refractivity contribution in [3.05, 3.63) is 114 Å². The summed E-state index contributed by atoms with van der Waals surface area (Å²) in [4.78, 5) is 74.6. The van der Waals surface area contributed by atoms with Gasteiger partial charge in [0, 0.05) is 42.3 Å². The Kier molecular flexibility index (Phi) is 14.0. The van der Waals surface area contributed by atoms with E-state index in [1.54, 1.807) is 4.90 Å². The smallest absolute Gasteiger partial charge is 0.407 e. The molecular formula is C55H71N9O6. The summed E-state index contributed by atoms with van der Waals surface area (Å²) in [6.07, 6.45) is 7.03. The van der Waals surface area contributed by atoms with E-state index in [0.717, 1.165) is 72.6 Å². The summed E-state index contributed by atoms with van der Waals surface area (Å²) >= 11 is 0. The molecule has 15 heteroatoms. The van der Waals surface area contributed by atoms with E-state index in [9.17, 15) is 24.3 Å². The molecule has 6 atom stereocenters. The SMILES string of the molecule is COC(=O)N[C@H](C(=O)N1CCC[C@H]1c1nc(-c2ccc([C@H]3CC[C@H](c4ccc(-c5c[nH]c([C@@H]6CCCN6C(=O)[C@@H](NC(=O)O)C(C)(C)C)n5)cc4)N3c3ccc(C(C)(C)C)cc3)cc2)c[nH]1)C(C)(C)C. The standard InChI is InChI=1S/C55H71N9O6/c1-53(2,3)37-23-25-38(26-24-37)64-41(35-19-15-33(16-20-35)39-31-56-47(58-39)43-13-11-29-62(43)49(65)45(54(4,5)6)60-51(67)68)27-28-42(64)36-21-17-34(18-22-36)40-32-57-48(59-40)44-14-12-30-63(44)50(66)46(55(7,8)9)61-52(69)70-10/h15-26,31-32,41-46,60H,11-14,27-30H2,1-10H3,(H,56,58)(H,57,59)(H,61,69)(H,67,68)/t41-,42-,43+,44+,45-,46-/m1/s1. The molecule has 3 saturated heterocycles. The van der Waals surface area contributed by atoms with Crippen LogP contribution in [0.2, 0.25) is 0 Å². The lowest BCUT2D eigenvalue weighted by atomic mass is 9.85. The van der Waals surface area contributed by atoms with Gasteiger partial charge in [0.05, 0.1) is 42.7 Å². The molecule has 5 heterocycles. The van der Waals surface area contributed by atoms with Gasteiger partial charge >= 0.3 is 12.2 Å². The molecule has 5 aromatic rings. The van der Waals surface area contributed by atoms with Gasteiger partial charge in [0.1, 0.15) is 23.7 Å². The Balaban J connectivity index is 1.01. The average molecular weight is 954 g/mol. The van der Waals surface area contributed by atoms with Gasteiger partial charge in [0.15, 0.2) is 0 Å². The minimum Gasteiger partial charge on any atom is -0.465 e. The minimum atomic E-state index is -1.22. The molecule has 15 nitrogen and oxygen atoms in total. The molecule has 5 N–H and O–H groups in total. The van der Waals surface area contributed by atoms with Crippen LogP contribution in [0.1, 0.15) is 153 Å². The minimum absolute atomic E-state index is 0.0202. The summed E-state index contributed by atoms with van der Waals surface area (Å²) < 4.78 is 4.85. The van der Waals surface area contributed by atoms with Crippen molar-refractivity contribution < 1.29 is 29.0 Å². The molecule has 0 spiro atoms. The summed E-state index contributed by atoms with van der Waals surface area (Å²) in [7, 11) is 1.30. The molecule has 0 saturated carbocycles. The van der Waals surface area contributed by atoms with Gasteiger partial charge in [-0.2, -0.15) is 0 Å². The average Bonchev–Trinajstić information content (AvgIpc) is 4.18. The summed E-state index contributed by atoms with van der Waals surface area (Å²) in [6, 6.07) is 24.5. The normalized spacial score (nSPS) is 20.6. The Hall–Kier alpha value is -6.64. The highest BCUT2D eigenvalue weighted by molar-refractivity contribution is 5.87. The van der Waals surface area contributed by atoms with Crippen molar-refractivity contribution in [3.8, 4) is 22.5 Å². The van der Waals surface area contributed by atoms with Crippen molar-refractivity contribution >= 4 is 29.7 Å². The number of aromatic nitrogens is 4. The molecule has 70 heavy (non-hydrogen) atoms. The van der Waals surface area contributed by atoms with Crippen LogP contribution >= 0.6 is 0 Å². The zero-order chi connectivity index (χ0) is 50.3. The van der Waals surface area contributed by atoms with Crippen molar-refractivity contribution in [2.45, 2.75) is 143 Å². The maximum Gasteiger partial charge on any atom is 0.407 e. The number of carboxylic acid groups (broad SMARTS) is 1. The largest absolute Gasteiger partial charge is 0.465 e. The molecule has 0 unspecified atom stereocenters. The van der Waals surface area contributed by atoms with E-state index in [2.05, 4.69) is 119 Å². The number of anilines is 1. The highest BCUT2D eigenvalue weighted by Crippen LogP contribution is 2.48. The Morgan fingerprint density at radius 2 is 1.04 bits per heavy atom. The van der Waals surface area contributed by atoms with Gasteiger partial charge in [-0.3, -0.25) is 9.59 Å². The fraction of sp³-hybridized carbons (Fsp3) is 0.491. The highest BCUT2D eigenvalue weighted by Gasteiger charge is 2.43. The van der Waals surface area contributed by atoms with E-state index in [1.807, 2.05) is 58.8 Å². The van der Waals surface area contributed by atoms with Crippen LogP contribution in [0.4, 0.5) is 15.3 Å². The van der Waals surface area contributed by atoms with Crippen LogP contribution < -0.4 is 15.5 Å². The van der Waals surface area contributed by atoms with Crippen LogP contribution in [0.15, 0.2) is 85.2 Å². The highest BCUT2D eigenvalue weighted by atomic mass is 16.5. The second-order valence-corrected chi connectivity index (χ2v) is 22.5. The number of likely N-dealkylation sites (tertiary alicyclic amines) is 2. The van der Waals surface area contributed by atoms with E-state index in [4.69, 9.17) is 14.7 Å². The van der Waals surface area contributed by atoms with Crippen LogP contribution in [-0.4, -0.2) is 91.1 Å². The van der Waals surface area contributed by atoms with Crippen LogP contribution in [0.5, 0.6) is 0 Å². The van der Waals surface area contributed by atoms with Gasteiger partial charge in [0.25, 0.3) is 0 Å². The molecule has 0 bridgehead atoms. The Labute approximate surface area is 412 Å². The first kappa shape index (κ1) is 49.8. The van der Waals surface area contributed by atoms with Crippen molar-refractivity contribution in [2.24, 2.45) is 10.8 Å². The number of carbonyl (C=O) groups is 4. The molecule has 4 amide bonds. The van der Waals surface area contributed by atoms with Gasteiger partial charge in [-0.1, -0.05) is 123 Å². The molecule has 0 radical (unpaired) electrons. The van der Waals surface area contributed by atoms with Crippen LogP contribution in [0.25, 0.3) is 22.5 Å². The third kappa shape index (κ3) is 10.4. The quantitative estimate of drug-likeness (QED) is 0.0858. The molecule has 0 aliphatic carbocycles. The number of nitrogens with zero attached hydrogens (tertiary/aromatic N) is 5. The second kappa shape index (κ2) is 19.6. The van der Waals surface area contributed by atoms with Gasteiger partial charge in [-0.15, -0.1) is 0 Å². The van der Waals surface area contributed by atoms with E-state index < -0.39 is 35.1 Å². The van der Waals surface area contributed by atoms with Crippen LogP contribution in [-0.2, 0) is 19.7 Å². The number of imidazole rings is 2. The number of hydrogen-bond acceptors (Lipinski definition) is 8. The third-order valence-electron chi connectivity index (χ3n) is 14.4. The van der Waals surface area contributed by atoms with E-state index in [0.29, 0.717) is 18.9 Å². The predicted octanol–water partition coefficient (Wildman–Crippen LogP) is 10.6. The molecule has 3 fully saturated rings. The summed E-state index contributed by atoms with van der Waals surface area (Å²) in [5.41, 5.74) is 7.30. The molecular weight excluding hydrogens is 883 g/mol. The first-order valence-electron chi connectivity index (χ1n) is 24.8. The Bertz CT molecular complexity index is 2650. The predicted molar refractivity (Wildman–Crippen MR) is 271 cm³/mol. The Morgan fingerprint density at radius 1 is 0.614 bits per heavy atom.